The molecule has 3 aromatic rings. The predicted molar refractivity (Wildman–Crippen MR) is 165 cm³/mol. The maximum atomic E-state index is 14.2. The molecule has 3 heterocycles. The van der Waals surface area contributed by atoms with Crippen LogP contribution in [0.4, 0.5) is 19.3 Å². The molecule has 0 aliphatic carbocycles. The van der Waals surface area contributed by atoms with Crippen LogP contribution < -0.4 is 20.5 Å². The monoisotopic (exact) mass is 700 g/mol. The zero-order valence-corrected chi connectivity index (χ0v) is 26.9. The van der Waals surface area contributed by atoms with Crippen LogP contribution in [-0.2, 0) is 34.5 Å². The lowest BCUT2D eigenvalue weighted by molar-refractivity contribution is -0.119. The molecule has 1 fully saturated rings. The fourth-order valence-corrected chi connectivity index (χ4v) is 6.80. The van der Waals surface area contributed by atoms with E-state index in [0.29, 0.717) is 47.7 Å². The zero-order valence-electron chi connectivity index (χ0n) is 23.8. The number of aromatic amines is 1. The first-order valence-electron chi connectivity index (χ1n) is 13.5. The van der Waals surface area contributed by atoms with Crippen molar-refractivity contribution in [2.45, 2.75) is 48.2 Å². The molecule has 2 aliphatic heterocycles. The second-order valence-corrected chi connectivity index (χ2v) is 12.5. The van der Waals surface area contributed by atoms with Gasteiger partial charge in [0.2, 0.25) is 5.91 Å². The van der Waals surface area contributed by atoms with Gasteiger partial charge in [-0.3, -0.25) is 19.3 Å². The summed E-state index contributed by atoms with van der Waals surface area (Å²) >= 11 is 19.0. The van der Waals surface area contributed by atoms with Gasteiger partial charge in [0.15, 0.2) is 0 Å². The number of hydrogen-bond donors (Lipinski definition) is 2. The summed E-state index contributed by atoms with van der Waals surface area (Å²) in [6.07, 6.45) is 0.106. The third-order valence-electron chi connectivity index (χ3n) is 7.16. The molecule has 0 unspecified atom stereocenters. The summed E-state index contributed by atoms with van der Waals surface area (Å²) in [7, 11) is 1.46. The van der Waals surface area contributed by atoms with Crippen LogP contribution in [0, 0.1) is 0 Å². The van der Waals surface area contributed by atoms with Gasteiger partial charge in [-0.1, -0.05) is 41.0 Å². The lowest BCUT2D eigenvalue weighted by Gasteiger charge is -2.28. The van der Waals surface area contributed by atoms with Crippen molar-refractivity contribution in [3.63, 3.8) is 0 Å². The van der Waals surface area contributed by atoms with Crippen molar-refractivity contribution in [1.82, 2.24) is 15.2 Å². The third kappa shape index (κ3) is 6.86. The van der Waals surface area contributed by atoms with Crippen molar-refractivity contribution < 1.29 is 32.6 Å². The number of pyridine rings is 1. The van der Waals surface area contributed by atoms with E-state index in [4.69, 9.17) is 44.3 Å². The van der Waals surface area contributed by atoms with Gasteiger partial charge >= 0.3 is 11.5 Å². The number of halogens is 5. The number of rotatable bonds is 8. The Morgan fingerprint density at radius 3 is 2.51 bits per heavy atom. The molecule has 1 saturated heterocycles. The molecule has 0 saturated carbocycles. The van der Waals surface area contributed by atoms with E-state index in [0.717, 1.165) is 17.8 Å². The highest BCUT2D eigenvalue weighted by Crippen LogP contribution is 2.43. The standard InChI is InChI=1S/C29H25Cl3F2N4O6S/c1-14(39)35-11-15-4-5-18(30)25(24(15)31)45-21-10-22(29(32,33)34)36-26(40)23(21)27(41)37-12-16-8-19(20(43-2)9-17(16)13-37)38-6-3-7-44-28(38)42/h4-5,8-10H,3,6-7,11-13H2,1-2H3,(H,35,39)(H,36,40). The number of hydrogen-bond acceptors (Lipinski definition) is 7. The summed E-state index contributed by atoms with van der Waals surface area (Å²) in [5.41, 5.74) is -0.0964. The SMILES string of the molecule is COc1cc2c(cc1N1CCCOC1=O)CN(C(=O)c1c(Sc3c(Cl)ccc(CNC(C)=O)c3Cl)cc(C(F)(F)Cl)[nH]c1=O)C2. The molecule has 0 spiro atoms. The number of H-pyrrole nitrogens is 1. The van der Waals surface area contributed by atoms with Crippen LogP contribution in [0.1, 0.15) is 46.1 Å². The number of amides is 3. The van der Waals surface area contributed by atoms with Gasteiger partial charge in [0.25, 0.3) is 11.5 Å². The van der Waals surface area contributed by atoms with Crippen LogP contribution in [0.2, 0.25) is 10.0 Å². The average molecular weight is 702 g/mol. The number of fused-ring (bicyclic) bond motifs is 1. The van der Waals surface area contributed by atoms with Gasteiger partial charge in [-0.15, -0.1) is 0 Å². The number of methoxy groups -OCH3 is 1. The molecule has 2 N–H and O–H groups in total. The van der Waals surface area contributed by atoms with Crippen LogP contribution in [0.25, 0.3) is 0 Å². The molecule has 10 nitrogen and oxygen atoms in total. The van der Waals surface area contributed by atoms with Gasteiger partial charge in [-0.05, 0) is 59.0 Å². The minimum atomic E-state index is -3.96. The average Bonchev–Trinajstić information content (AvgIpc) is 3.40. The molecule has 45 heavy (non-hydrogen) atoms. The van der Waals surface area contributed by atoms with E-state index in [1.165, 1.54) is 29.9 Å². The second-order valence-electron chi connectivity index (χ2n) is 10.2. The van der Waals surface area contributed by atoms with Gasteiger partial charge in [0.1, 0.15) is 17.0 Å². The summed E-state index contributed by atoms with van der Waals surface area (Å²) in [6.45, 7) is 2.23. The van der Waals surface area contributed by atoms with Crippen LogP contribution in [0.15, 0.2) is 44.9 Å². The quantitative estimate of drug-likeness (QED) is 0.266. The molecule has 0 radical (unpaired) electrons. The number of carbonyl (C=O) groups excluding carboxylic acids is 3. The molecular weight excluding hydrogens is 677 g/mol. The summed E-state index contributed by atoms with van der Waals surface area (Å²) in [6, 6.07) is 7.42. The Bertz CT molecular complexity index is 1770. The van der Waals surface area contributed by atoms with Crippen molar-refractivity contribution in [1.29, 1.82) is 0 Å². The van der Waals surface area contributed by atoms with E-state index in [1.807, 2.05) is 4.98 Å². The topological polar surface area (TPSA) is 121 Å². The van der Waals surface area contributed by atoms with Crippen molar-refractivity contribution in [3.05, 3.63) is 78.7 Å². The third-order valence-corrected chi connectivity index (χ3v) is 9.50. The van der Waals surface area contributed by atoms with Crippen molar-refractivity contribution >= 4 is 70.2 Å². The van der Waals surface area contributed by atoms with Gasteiger partial charge in [-0.25, -0.2) is 4.79 Å². The maximum absolute atomic E-state index is 14.2. The Morgan fingerprint density at radius 2 is 1.87 bits per heavy atom. The highest BCUT2D eigenvalue weighted by Gasteiger charge is 2.35. The Morgan fingerprint density at radius 1 is 1.16 bits per heavy atom. The molecule has 0 bridgehead atoms. The first kappa shape index (κ1) is 32.9. The van der Waals surface area contributed by atoms with Gasteiger partial charge in [0, 0.05) is 42.9 Å². The van der Waals surface area contributed by atoms with Crippen LogP contribution in [0.3, 0.4) is 0 Å². The van der Waals surface area contributed by atoms with Gasteiger partial charge < -0.3 is 24.7 Å². The molecule has 238 valence electrons. The van der Waals surface area contributed by atoms with Gasteiger partial charge in [-0.2, -0.15) is 8.78 Å². The van der Waals surface area contributed by atoms with Crippen molar-refractivity contribution in [2.75, 3.05) is 25.2 Å². The van der Waals surface area contributed by atoms with E-state index in [9.17, 15) is 28.0 Å². The lowest BCUT2D eigenvalue weighted by atomic mass is 10.1. The Labute approximate surface area is 274 Å². The number of alkyl halides is 3. The largest absolute Gasteiger partial charge is 0.495 e. The maximum Gasteiger partial charge on any atom is 0.414 e. The number of benzene rings is 2. The second kappa shape index (κ2) is 13.1. The van der Waals surface area contributed by atoms with Crippen LogP contribution in [0.5, 0.6) is 5.75 Å². The minimum absolute atomic E-state index is 0.0533. The Kier molecular flexibility index (Phi) is 9.54. The number of carbonyl (C=O) groups is 3. The zero-order chi connectivity index (χ0) is 32.6. The minimum Gasteiger partial charge on any atom is -0.495 e. The molecule has 1 aromatic heterocycles. The van der Waals surface area contributed by atoms with E-state index in [2.05, 4.69) is 5.32 Å². The normalized spacial score (nSPS) is 14.7. The van der Waals surface area contributed by atoms with E-state index >= 15 is 0 Å². The molecular formula is C29H25Cl3F2N4O6S. The first-order valence-corrected chi connectivity index (χ1v) is 15.4. The summed E-state index contributed by atoms with van der Waals surface area (Å²) in [4.78, 5) is 56.0. The number of nitrogens with zero attached hydrogens (tertiary/aromatic N) is 2. The van der Waals surface area contributed by atoms with E-state index < -0.39 is 34.2 Å². The Balaban J connectivity index is 1.52. The van der Waals surface area contributed by atoms with E-state index in [-0.39, 0.29) is 45.4 Å². The number of aromatic nitrogens is 1. The molecule has 5 rings (SSSR count). The fraction of sp³-hybridized carbons (Fsp3) is 0.310. The number of nitrogens with one attached hydrogen (secondary N) is 2. The van der Waals surface area contributed by atoms with Crippen molar-refractivity contribution in [2.24, 2.45) is 0 Å². The summed E-state index contributed by atoms with van der Waals surface area (Å²) in [5, 5.41) is -1.11. The number of anilines is 1. The van der Waals surface area contributed by atoms with Crippen molar-refractivity contribution in [3.8, 4) is 5.75 Å². The summed E-state index contributed by atoms with van der Waals surface area (Å²) in [5.74, 6) is -0.661. The van der Waals surface area contributed by atoms with E-state index in [1.54, 1.807) is 18.2 Å². The molecule has 2 aliphatic rings. The molecule has 0 atom stereocenters. The van der Waals surface area contributed by atoms with Crippen LogP contribution >= 0.6 is 46.6 Å². The molecule has 16 heteroatoms. The smallest absolute Gasteiger partial charge is 0.414 e. The fourth-order valence-electron chi connectivity index (χ4n) is 4.97. The Hall–Kier alpha value is -3.52. The van der Waals surface area contributed by atoms with Gasteiger partial charge in [0.05, 0.1) is 29.4 Å². The number of ether oxygens (including phenoxy) is 2. The van der Waals surface area contributed by atoms with Crippen LogP contribution in [-0.4, -0.2) is 48.1 Å². The summed E-state index contributed by atoms with van der Waals surface area (Å²) < 4.78 is 39.1. The number of cyclic esters (lactones) is 1. The molecule has 2 aromatic carbocycles. The highest BCUT2D eigenvalue weighted by atomic mass is 35.5. The first-order chi connectivity index (χ1) is 21.3. The highest BCUT2D eigenvalue weighted by molar-refractivity contribution is 7.99. The molecule has 3 amide bonds. The lowest BCUT2D eigenvalue weighted by Crippen LogP contribution is -2.38. The predicted octanol–water partition coefficient (Wildman–Crippen LogP) is 6.27.